The van der Waals surface area contributed by atoms with Gasteiger partial charge in [-0.3, -0.25) is 4.79 Å². The van der Waals surface area contributed by atoms with Crippen LogP contribution in [0.3, 0.4) is 0 Å². The molecule has 0 aromatic heterocycles. The second-order valence-electron chi connectivity index (χ2n) is 5.10. The van der Waals surface area contributed by atoms with E-state index in [0.29, 0.717) is 32.5 Å². The largest absolute Gasteiger partial charge is 0.481 e. The Labute approximate surface area is 130 Å². The number of carbonyl (C=O) groups excluding carboxylic acids is 1. The molecule has 122 valence electrons. The zero-order valence-corrected chi connectivity index (χ0v) is 12.8. The number of benzene rings is 1. The molecular weight excluding hydrogens is 287 g/mol. The van der Waals surface area contributed by atoms with Crippen molar-refractivity contribution in [2.75, 3.05) is 19.6 Å². The first-order valence-electron chi connectivity index (χ1n) is 7.52. The molecule has 0 saturated carbocycles. The molecule has 6 heteroatoms. The summed E-state index contributed by atoms with van der Waals surface area (Å²) in [7, 11) is 0. The minimum absolute atomic E-state index is 0.0390. The van der Waals surface area contributed by atoms with Gasteiger partial charge in [-0.1, -0.05) is 19.1 Å². The van der Waals surface area contributed by atoms with E-state index in [4.69, 9.17) is 5.11 Å². The average molecular weight is 310 g/mol. The fourth-order valence-electron chi connectivity index (χ4n) is 2.09. The summed E-state index contributed by atoms with van der Waals surface area (Å²) < 4.78 is 13.1. The van der Waals surface area contributed by atoms with E-state index in [1.165, 1.54) is 12.1 Å². The number of hydrogen-bond donors (Lipinski definition) is 2. The third kappa shape index (κ3) is 7.06. The summed E-state index contributed by atoms with van der Waals surface area (Å²) in [4.78, 5) is 24.1. The van der Waals surface area contributed by atoms with Gasteiger partial charge in [0, 0.05) is 26.1 Å². The number of nitrogens with one attached hydrogen (secondary N) is 1. The molecular formula is C16H23FN2O3. The van der Waals surface area contributed by atoms with Gasteiger partial charge >= 0.3 is 12.0 Å². The molecule has 0 fully saturated rings. The first-order valence-corrected chi connectivity index (χ1v) is 7.52. The van der Waals surface area contributed by atoms with E-state index in [1.807, 2.05) is 13.0 Å². The number of rotatable bonds is 9. The number of urea groups is 1. The molecule has 0 saturated heterocycles. The molecule has 2 amide bonds. The van der Waals surface area contributed by atoms with E-state index in [9.17, 15) is 14.0 Å². The van der Waals surface area contributed by atoms with Crippen LogP contribution in [-0.4, -0.2) is 41.6 Å². The van der Waals surface area contributed by atoms with Gasteiger partial charge in [-0.15, -0.1) is 0 Å². The monoisotopic (exact) mass is 310 g/mol. The van der Waals surface area contributed by atoms with Crippen LogP contribution in [0.15, 0.2) is 24.3 Å². The van der Waals surface area contributed by atoms with Crippen molar-refractivity contribution in [3.05, 3.63) is 35.6 Å². The Kier molecular flexibility index (Phi) is 7.96. The summed E-state index contributed by atoms with van der Waals surface area (Å²) in [5.74, 6) is -1.15. The molecule has 0 heterocycles. The lowest BCUT2D eigenvalue weighted by Gasteiger charge is -2.22. The van der Waals surface area contributed by atoms with Crippen molar-refractivity contribution in [1.29, 1.82) is 0 Å². The molecule has 2 N–H and O–H groups in total. The molecule has 1 rings (SSSR count). The lowest BCUT2D eigenvalue weighted by atomic mass is 10.1. The van der Waals surface area contributed by atoms with E-state index in [-0.39, 0.29) is 18.3 Å². The van der Waals surface area contributed by atoms with E-state index in [2.05, 4.69) is 5.32 Å². The third-order valence-corrected chi connectivity index (χ3v) is 3.18. The van der Waals surface area contributed by atoms with E-state index >= 15 is 0 Å². The lowest BCUT2D eigenvalue weighted by Crippen LogP contribution is -2.42. The molecule has 22 heavy (non-hydrogen) atoms. The predicted octanol–water partition coefficient (Wildman–Crippen LogP) is 2.65. The molecule has 5 nitrogen and oxygen atoms in total. The Hall–Kier alpha value is -2.11. The van der Waals surface area contributed by atoms with Crippen LogP contribution in [0.5, 0.6) is 0 Å². The standard InChI is InChI=1S/C16H23FN2O3/c1-2-10-19(16(22)18-9-4-7-15(20)21)11-8-13-5-3-6-14(17)12-13/h3,5-6,12H,2,4,7-11H2,1H3,(H,18,22)(H,20,21). The van der Waals surface area contributed by atoms with Crippen LogP contribution in [0.2, 0.25) is 0 Å². The summed E-state index contributed by atoms with van der Waals surface area (Å²) in [6, 6.07) is 6.14. The highest BCUT2D eigenvalue weighted by molar-refractivity contribution is 5.74. The van der Waals surface area contributed by atoms with Crippen LogP contribution in [0.4, 0.5) is 9.18 Å². The summed E-state index contributed by atoms with van der Waals surface area (Å²) in [6.45, 7) is 3.43. The molecule has 0 aliphatic rings. The molecule has 0 radical (unpaired) electrons. The number of halogens is 1. The van der Waals surface area contributed by atoms with Gasteiger partial charge in [-0.05, 0) is 37.0 Å². The smallest absolute Gasteiger partial charge is 0.317 e. The maximum absolute atomic E-state index is 13.1. The maximum Gasteiger partial charge on any atom is 0.317 e. The number of carboxylic acids is 1. The van der Waals surface area contributed by atoms with Crippen LogP contribution < -0.4 is 5.32 Å². The van der Waals surface area contributed by atoms with Crippen LogP contribution >= 0.6 is 0 Å². The zero-order chi connectivity index (χ0) is 16.4. The van der Waals surface area contributed by atoms with Crippen LogP contribution in [0, 0.1) is 5.82 Å². The fourth-order valence-corrected chi connectivity index (χ4v) is 2.09. The number of aliphatic carboxylic acids is 1. The number of nitrogens with zero attached hydrogens (tertiary/aromatic N) is 1. The first-order chi connectivity index (χ1) is 10.5. The highest BCUT2D eigenvalue weighted by Gasteiger charge is 2.12. The van der Waals surface area contributed by atoms with Crippen molar-refractivity contribution in [2.24, 2.45) is 0 Å². The molecule has 0 bridgehead atoms. The molecule has 0 aliphatic carbocycles. The Morgan fingerprint density at radius 1 is 1.32 bits per heavy atom. The molecule has 0 aliphatic heterocycles. The summed E-state index contributed by atoms with van der Waals surface area (Å²) in [6.07, 6.45) is 1.86. The fraction of sp³-hybridized carbons (Fsp3) is 0.500. The van der Waals surface area contributed by atoms with Gasteiger partial charge in [0.2, 0.25) is 0 Å². The highest BCUT2D eigenvalue weighted by atomic mass is 19.1. The van der Waals surface area contributed by atoms with Gasteiger partial charge in [-0.25, -0.2) is 9.18 Å². The van der Waals surface area contributed by atoms with Crippen LogP contribution in [-0.2, 0) is 11.2 Å². The number of hydrogen-bond acceptors (Lipinski definition) is 2. The van der Waals surface area contributed by atoms with Crippen molar-refractivity contribution in [1.82, 2.24) is 10.2 Å². The van der Waals surface area contributed by atoms with Gasteiger partial charge in [-0.2, -0.15) is 0 Å². The van der Waals surface area contributed by atoms with Gasteiger partial charge in [0.15, 0.2) is 0 Å². The summed E-state index contributed by atoms with van der Waals surface area (Å²) in [5, 5.41) is 11.3. The lowest BCUT2D eigenvalue weighted by molar-refractivity contribution is -0.137. The molecule has 1 aromatic rings. The summed E-state index contributed by atoms with van der Waals surface area (Å²) in [5.41, 5.74) is 0.847. The van der Waals surface area contributed by atoms with Crippen LogP contribution in [0.1, 0.15) is 31.7 Å². The van der Waals surface area contributed by atoms with E-state index in [0.717, 1.165) is 12.0 Å². The van der Waals surface area contributed by atoms with Gasteiger partial charge in [0.25, 0.3) is 0 Å². The Morgan fingerprint density at radius 2 is 2.09 bits per heavy atom. The van der Waals surface area contributed by atoms with Crippen molar-refractivity contribution in [2.45, 2.75) is 32.6 Å². The average Bonchev–Trinajstić information content (AvgIpc) is 2.47. The Balaban J connectivity index is 2.42. The Morgan fingerprint density at radius 3 is 2.73 bits per heavy atom. The number of carboxylic acid groups (broad SMARTS) is 1. The molecule has 0 atom stereocenters. The maximum atomic E-state index is 13.1. The highest BCUT2D eigenvalue weighted by Crippen LogP contribution is 2.06. The Bertz CT molecular complexity index is 494. The van der Waals surface area contributed by atoms with E-state index in [1.54, 1.807) is 11.0 Å². The van der Waals surface area contributed by atoms with Crippen molar-refractivity contribution in [3.63, 3.8) is 0 Å². The second-order valence-corrected chi connectivity index (χ2v) is 5.10. The number of carbonyl (C=O) groups is 2. The molecule has 0 spiro atoms. The van der Waals surface area contributed by atoms with Crippen molar-refractivity contribution in [3.8, 4) is 0 Å². The van der Waals surface area contributed by atoms with Gasteiger partial charge in [0.05, 0.1) is 0 Å². The second kappa shape index (κ2) is 9.76. The minimum Gasteiger partial charge on any atom is -0.481 e. The van der Waals surface area contributed by atoms with Crippen molar-refractivity contribution < 1.29 is 19.1 Å². The summed E-state index contributed by atoms with van der Waals surface area (Å²) >= 11 is 0. The molecule has 1 aromatic carbocycles. The van der Waals surface area contributed by atoms with Crippen LogP contribution in [0.25, 0.3) is 0 Å². The zero-order valence-electron chi connectivity index (χ0n) is 12.8. The minimum atomic E-state index is -0.870. The third-order valence-electron chi connectivity index (χ3n) is 3.18. The quantitative estimate of drug-likeness (QED) is 0.689. The normalized spacial score (nSPS) is 10.3. The first kappa shape index (κ1) is 17.9. The van der Waals surface area contributed by atoms with Gasteiger partial charge < -0.3 is 15.3 Å². The SMILES string of the molecule is CCCN(CCc1cccc(F)c1)C(=O)NCCCC(=O)O. The van der Waals surface area contributed by atoms with Gasteiger partial charge in [0.1, 0.15) is 5.82 Å². The molecule has 0 unspecified atom stereocenters. The number of amides is 2. The van der Waals surface area contributed by atoms with Crippen molar-refractivity contribution >= 4 is 12.0 Å². The predicted molar refractivity (Wildman–Crippen MR) is 82.2 cm³/mol. The van der Waals surface area contributed by atoms with E-state index < -0.39 is 5.97 Å². The topological polar surface area (TPSA) is 69.6 Å².